The number of aromatic nitrogens is 4. The van der Waals surface area contributed by atoms with Gasteiger partial charge in [-0.05, 0) is 39.3 Å². The van der Waals surface area contributed by atoms with Gasteiger partial charge in [-0.25, -0.2) is 14.4 Å². The van der Waals surface area contributed by atoms with Gasteiger partial charge < -0.3 is 9.29 Å². The van der Waals surface area contributed by atoms with Crippen LogP contribution in [-0.4, -0.2) is 38.6 Å². The SMILES string of the molecule is Cc1cnc(-c2ccnc(C(C)(C)O)n2)c(F)c1-n1c(C)cc(OS(=O)(=O)C(F)(F)F)c(Cl)c1=O. The van der Waals surface area contributed by atoms with Crippen molar-refractivity contribution in [2.45, 2.75) is 38.8 Å². The maximum absolute atomic E-state index is 15.7. The zero-order chi connectivity index (χ0) is 26.5. The minimum atomic E-state index is -6.11. The van der Waals surface area contributed by atoms with Crippen LogP contribution in [0.15, 0.2) is 29.3 Å². The standard InChI is InChI=1S/C20H17ClF4N4O5S/c1-9-8-27-15(11-5-6-26-18(28-11)19(3,4)31)14(22)16(9)29-10(2)7-12(13(21)17(29)30)34-35(32,33)20(23,24)25/h5-8,31H,1-4H3. The topological polar surface area (TPSA) is 124 Å². The second-order valence-corrected chi connectivity index (χ2v) is 9.78. The monoisotopic (exact) mass is 536 g/mol. The molecular formula is C20H17ClF4N4O5S. The molecule has 3 aromatic heterocycles. The maximum atomic E-state index is 15.7. The lowest BCUT2D eigenvalue weighted by Crippen LogP contribution is -2.30. The molecule has 15 heteroatoms. The number of aliphatic hydroxyl groups is 1. The summed E-state index contributed by atoms with van der Waals surface area (Å²) in [5.74, 6) is -2.13. The first-order valence-electron chi connectivity index (χ1n) is 9.60. The number of pyridine rings is 2. The predicted octanol–water partition coefficient (Wildman–Crippen LogP) is 3.55. The summed E-state index contributed by atoms with van der Waals surface area (Å²) in [6, 6.07) is 2.07. The van der Waals surface area contributed by atoms with E-state index in [9.17, 15) is 31.5 Å². The molecule has 188 valence electrons. The lowest BCUT2D eigenvalue weighted by Gasteiger charge is -2.18. The van der Waals surface area contributed by atoms with Crippen molar-refractivity contribution in [3.8, 4) is 22.8 Å². The number of aryl methyl sites for hydroxylation is 2. The van der Waals surface area contributed by atoms with E-state index in [0.29, 0.717) is 0 Å². The first-order chi connectivity index (χ1) is 16.0. The molecule has 3 heterocycles. The highest BCUT2D eigenvalue weighted by Crippen LogP contribution is 2.33. The Bertz CT molecular complexity index is 1480. The number of halogens is 5. The molecule has 0 atom stereocenters. The molecular weight excluding hydrogens is 520 g/mol. The molecule has 0 bridgehead atoms. The molecule has 0 spiro atoms. The van der Waals surface area contributed by atoms with Crippen LogP contribution in [0.1, 0.15) is 30.9 Å². The molecule has 0 aliphatic carbocycles. The van der Waals surface area contributed by atoms with E-state index in [1.807, 2.05) is 0 Å². The van der Waals surface area contributed by atoms with E-state index in [0.717, 1.165) is 10.6 Å². The Balaban J connectivity index is 2.22. The van der Waals surface area contributed by atoms with Crippen molar-refractivity contribution < 1.29 is 35.3 Å². The number of rotatable bonds is 5. The van der Waals surface area contributed by atoms with Crippen LogP contribution in [-0.2, 0) is 15.7 Å². The van der Waals surface area contributed by atoms with Crippen molar-refractivity contribution in [2.75, 3.05) is 0 Å². The van der Waals surface area contributed by atoms with Crippen molar-refractivity contribution in [1.29, 1.82) is 0 Å². The Kier molecular flexibility index (Phi) is 6.69. The molecule has 0 amide bonds. The second-order valence-electron chi connectivity index (χ2n) is 7.86. The molecule has 0 unspecified atom stereocenters. The normalized spacial score (nSPS) is 12.6. The fourth-order valence-electron chi connectivity index (χ4n) is 2.99. The maximum Gasteiger partial charge on any atom is 0.534 e. The average molecular weight is 537 g/mol. The zero-order valence-electron chi connectivity index (χ0n) is 18.5. The fourth-order valence-corrected chi connectivity index (χ4v) is 3.67. The summed E-state index contributed by atoms with van der Waals surface area (Å²) in [5, 5.41) is 9.12. The first kappa shape index (κ1) is 26.5. The van der Waals surface area contributed by atoms with E-state index in [-0.39, 0.29) is 34.2 Å². The number of hydrogen-bond donors (Lipinski definition) is 1. The number of hydrogen-bond acceptors (Lipinski definition) is 8. The van der Waals surface area contributed by atoms with Crippen LogP contribution in [0.25, 0.3) is 17.1 Å². The fraction of sp³-hybridized carbons (Fsp3) is 0.300. The van der Waals surface area contributed by atoms with Gasteiger partial charge in [-0.1, -0.05) is 11.6 Å². The summed E-state index contributed by atoms with van der Waals surface area (Å²) in [7, 11) is -6.11. The highest BCUT2D eigenvalue weighted by Gasteiger charge is 2.49. The molecule has 9 nitrogen and oxygen atoms in total. The van der Waals surface area contributed by atoms with Crippen LogP contribution in [0.5, 0.6) is 5.75 Å². The molecule has 3 rings (SSSR count). The molecule has 0 radical (unpaired) electrons. The van der Waals surface area contributed by atoms with Crippen LogP contribution in [0, 0.1) is 19.7 Å². The van der Waals surface area contributed by atoms with Crippen molar-refractivity contribution in [3.63, 3.8) is 0 Å². The first-order valence-corrected chi connectivity index (χ1v) is 11.4. The highest BCUT2D eigenvalue weighted by atomic mass is 35.5. The van der Waals surface area contributed by atoms with Gasteiger partial charge in [-0.2, -0.15) is 21.6 Å². The molecule has 3 aromatic rings. The Morgan fingerprint density at radius 2 is 1.80 bits per heavy atom. The molecule has 1 N–H and O–H groups in total. The van der Waals surface area contributed by atoms with Gasteiger partial charge in [-0.3, -0.25) is 14.3 Å². The zero-order valence-corrected chi connectivity index (χ0v) is 20.0. The molecule has 0 saturated carbocycles. The quantitative estimate of drug-likeness (QED) is 0.298. The molecule has 0 aliphatic heterocycles. The number of alkyl halides is 3. The van der Waals surface area contributed by atoms with E-state index in [2.05, 4.69) is 19.1 Å². The summed E-state index contributed by atoms with van der Waals surface area (Å²) >= 11 is 5.83. The minimum absolute atomic E-state index is 0.0242. The lowest BCUT2D eigenvalue weighted by atomic mass is 10.1. The molecule has 0 fully saturated rings. The van der Waals surface area contributed by atoms with Crippen molar-refractivity contribution in [2.24, 2.45) is 0 Å². The van der Waals surface area contributed by atoms with Gasteiger partial charge in [0.2, 0.25) is 0 Å². The summed E-state index contributed by atoms with van der Waals surface area (Å²) in [6.07, 6.45) is 2.50. The van der Waals surface area contributed by atoms with Crippen molar-refractivity contribution in [1.82, 2.24) is 19.5 Å². The summed E-state index contributed by atoms with van der Waals surface area (Å²) in [6.45, 7) is 5.46. The highest BCUT2D eigenvalue weighted by molar-refractivity contribution is 7.88. The summed E-state index contributed by atoms with van der Waals surface area (Å²) in [5.41, 5.74) is -9.20. The lowest BCUT2D eigenvalue weighted by molar-refractivity contribution is -0.0500. The van der Waals surface area contributed by atoms with Gasteiger partial charge in [0.25, 0.3) is 5.56 Å². The summed E-state index contributed by atoms with van der Waals surface area (Å²) in [4.78, 5) is 25.0. The van der Waals surface area contributed by atoms with Crippen LogP contribution >= 0.6 is 11.6 Å². The summed E-state index contributed by atoms with van der Waals surface area (Å²) < 4.78 is 81.2. The molecule has 0 saturated heterocycles. The van der Waals surface area contributed by atoms with E-state index in [1.165, 1.54) is 46.2 Å². The third-order valence-corrected chi connectivity index (χ3v) is 5.94. The van der Waals surface area contributed by atoms with Crippen LogP contribution in [0.2, 0.25) is 5.02 Å². The van der Waals surface area contributed by atoms with Crippen molar-refractivity contribution >= 4 is 21.7 Å². The Morgan fingerprint density at radius 3 is 2.37 bits per heavy atom. The Hall–Kier alpha value is -3.10. The van der Waals surface area contributed by atoms with Gasteiger partial charge in [0.05, 0.1) is 11.4 Å². The molecule has 0 aromatic carbocycles. The van der Waals surface area contributed by atoms with Crippen LogP contribution in [0.3, 0.4) is 0 Å². The third-order valence-electron chi connectivity index (χ3n) is 4.63. The Labute approximate surface area is 201 Å². The largest absolute Gasteiger partial charge is 0.534 e. The third kappa shape index (κ3) is 4.99. The van der Waals surface area contributed by atoms with E-state index < -0.39 is 43.4 Å². The molecule has 0 aliphatic rings. The van der Waals surface area contributed by atoms with Crippen molar-refractivity contribution in [3.05, 3.63) is 62.8 Å². The average Bonchev–Trinajstić information content (AvgIpc) is 2.72. The molecule has 35 heavy (non-hydrogen) atoms. The minimum Gasteiger partial charge on any atom is -0.382 e. The predicted molar refractivity (Wildman–Crippen MR) is 116 cm³/mol. The number of nitrogens with zero attached hydrogens (tertiary/aromatic N) is 4. The van der Waals surface area contributed by atoms with Gasteiger partial charge in [0, 0.05) is 24.2 Å². The van der Waals surface area contributed by atoms with Gasteiger partial charge in [0.15, 0.2) is 17.4 Å². The Morgan fingerprint density at radius 1 is 1.17 bits per heavy atom. The van der Waals surface area contributed by atoms with Crippen LogP contribution < -0.4 is 9.74 Å². The van der Waals surface area contributed by atoms with Crippen LogP contribution in [0.4, 0.5) is 17.6 Å². The van der Waals surface area contributed by atoms with Gasteiger partial charge in [-0.15, -0.1) is 0 Å². The smallest absolute Gasteiger partial charge is 0.382 e. The second kappa shape index (κ2) is 8.84. The van der Waals surface area contributed by atoms with Gasteiger partial charge in [0.1, 0.15) is 16.3 Å². The van der Waals surface area contributed by atoms with E-state index in [4.69, 9.17) is 11.6 Å². The van der Waals surface area contributed by atoms with Gasteiger partial charge >= 0.3 is 15.6 Å². The van der Waals surface area contributed by atoms with E-state index >= 15 is 4.39 Å². The van der Waals surface area contributed by atoms with E-state index in [1.54, 1.807) is 0 Å².